The third-order valence-electron chi connectivity index (χ3n) is 5.64. The summed E-state index contributed by atoms with van der Waals surface area (Å²) in [6, 6.07) is 3.75. The Balaban J connectivity index is 1.40. The van der Waals surface area contributed by atoms with E-state index in [0.29, 0.717) is 34.8 Å². The summed E-state index contributed by atoms with van der Waals surface area (Å²) in [5.74, 6) is 2.04. The van der Waals surface area contributed by atoms with E-state index < -0.39 is 0 Å². The van der Waals surface area contributed by atoms with Crippen LogP contribution in [0.25, 0.3) is 22.8 Å². The van der Waals surface area contributed by atoms with Gasteiger partial charge in [0.05, 0.1) is 24.5 Å². The van der Waals surface area contributed by atoms with E-state index in [9.17, 15) is 9.90 Å². The molecule has 4 heterocycles. The predicted octanol–water partition coefficient (Wildman–Crippen LogP) is 1.63. The number of fused-ring (bicyclic) bond motifs is 1. The molecule has 0 spiro atoms. The van der Waals surface area contributed by atoms with Crippen LogP contribution in [0, 0.1) is 5.92 Å². The fraction of sp³-hybridized carbons (Fsp3) is 0.400. The molecule has 0 saturated heterocycles. The summed E-state index contributed by atoms with van der Waals surface area (Å²) in [5.41, 5.74) is 2.17. The number of nitrogens with zero attached hydrogens (tertiary/aromatic N) is 6. The van der Waals surface area contributed by atoms with Crippen LogP contribution in [0.4, 0.5) is 11.6 Å². The van der Waals surface area contributed by atoms with Crippen molar-refractivity contribution in [1.82, 2.24) is 30.1 Å². The van der Waals surface area contributed by atoms with Gasteiger partial charge in [0.25, 0.3) is 0 Å². The van der Waals surface area contributed by atoms with Gasteiger partial charge in [0.2, 0.25) is 5.91 Å². The molecule has 0 bridgehead atoms. The highest BCUT2D eigenvalue weighted by molar-refractivity contribution is 5.99. The number of anilines is 2. The molecule has 30 heavy (non-hydrogen) atoms. The molecule has 0 aromatic carbocycles. The molecule has 1 saturated carbocycles. The Morgan fingerprint density at radius 3 is 2.67 bits per heavy atom. The second-order valence-electron chi connectivity index (χ2n) is 7.79. The molecule has 3 aromatic rings. The number of H-pyrrole nitrogens is 1. The molecule has 1 aliphatic heterocycles. The third kappa shape index (κ3) is 3.73. The van der Waals surface area contributed by atoms with Crippen LogP contribution in [0.3, 0.4) is 0 Å². The maximum Gasteiger partial charge on any atom is 0.245 e. The normalized spacial score (nSPS) is 21.2. The predicted molar refractivity (Wildman–Crippen MR) is 109 cm³/mol. The molecular weight excluding hydrogens is 384 g/mol. The van der Waals surface area contributed by atoms with Crippen molar-refractivity contribution in [2.24, 2.45) is 5.92 Å². The van der Waals surface area contributed by atoms with Gasteiger partial charge < -0.3 is 15.3 Å². The van der Waals surface area contributed by atoms with E-state index in [1.165, 1.54) is 6.33 Å². The maximum absolute atomic E-state index is 12.1. The van der Waals surface area contributed by atoms with Crippen molar-refractivity contribution in [1.29, 1.82) is 0 Å². The van der Waals surface area contributed by atoms with Crippen LogP contribution in [0.1, 0.15) is 25.7 Å². The Morgan fingerprint density at radius 1 is 1.07 bits per heavy atom. The number of pyridine rings is 1. The van der Waals surface area contributed by atoms with Gasteiger partial charge in [-0.2, -0.15) is 5.10 Å². The number of aliphatic hydroxyl groups is 1. The largest absolute Gasteiger partial charge is 0.393 e. The Hall–Kier alpha value is -3.40. The van der Waals surface area contributed by atoms with E-state index in [1.807, 2.05) is 17.0 Å². The molecule has 1 aliphatic carbocycles. The molecule has 5 rings (SSSR count). The van der Waals surface area contributed by atoms with E-state index in [2.05, 4.69) is 30.5 Å². The Morgan fingerprint density at radius 2 is 1.93 bits per heavy atom. The minimum atomic E-state index is -0.197. The van der Waals surface area contributed by atoms with Gasteiger partial charge in [-0.05, 0) is 43.7 Å². The van der Waals surface area contributed by atoms with Crippen LogP contribution < -0.4 is 10.2 Å². The number of aromatic amines is 1. The standard InChI is InChI=1S/C20H22N8O2/c29-14-4-1-12(2-5-14)9-28-10-17(30)26-19-20(28)25-16(8-22-19)13-3-6-15(21-7-13)18-23-11-24-27-18/h3,6-8,11-12,14,29H,1-2,4-5,9-10H2,(H,22,26,30)(H,23,24,27)/t12-,14+. The van der Waals surface area contributed by atoms with Gasteiger partial charge in [-0.25, -0.2) is 15.0 Å². The average Bonchev–Trinajstić information content (AvgIpc) is 3.30. The minimum Gasteiger partial charge on any atom is -0.393 e. The first-order valence-corrected chi connectivity index (χ1v) is 10.1. The van der Waals surface area contributed by atoms with Gasteiger partial charge in [-0.15, -0.1) is 0 Å². The number of hydrogen-bond donors (Lipinski definition) is 3. The summed E-state index contributed by atoms with van der Waals surface area (Å²) in [4.78, 5) is 31.9. The smallest absolute Gasteiger partial charge is 0.245 e. The van der Waals surface area contributed by atoms with Gasteiger partial charge in [0.1, 0.15) is 12.0 Å². The molecule has 3 aromatic heterocycles. The van der Waals surface area contributed by atoms with Gasteiger partial charge in [-0.3, -0.25) is 14.9 Å². The monoisotopic (exact) mass is 406 g/mol. The molecule has 0 atom stereocenters. The number of amides is 1. The average molecular weight is 406 g/mol. The van der Waals surface area contributed by atoms with E-state index in [1.54, 1.807) is 12.4 Å². The molecule has 0 unspecified atom stereocenters. The summed E-state index contributed by atoms with van der Waals surface area (Å²) in [5, 5.41) is 19.3. The van der Waals surface area contributed by atoms with Crippen molar-refractivity contribution in [3.05, 3.63) is 30.9 Å². The topological polar surface area (TPSA) is 133 Å². The van der Waals surface area contributed by atoms with Crippen molar-refractivity contribution in [3.8, 4) is 22.8 Å². The van der Waals surface area contributed by atoms with Gasteiger partial charge in [0.15, 0.2) is 17.5 Å². The van der Waals surface area contributed by atoms with Crippen molar-refractivity contribution < 1.29 is 9.90 Å². The van der Waals surface area contributed by atoms with Crippen LogP contribution >= 0.6 is 0 Å². The number of nitrogens with one attached hydrogen (secondary N) is 2. The molecular formula is C20H22N8O2. The lowest BCUT2D eigenvalue weighted by atomic mass is 9.87. The Bertz CT molecular complexity index is 1030. The van der Waals surface area contributed by atoms with Crippen molar-refractivity contribution >= 4 is 17.5 Å². The highest BCUT2D eigenvalue weighted by Crippen LogP contribution is 2.32. The lowest BCUT2D eigenvalue weighted by molar-refractivity contribution is -0.115. The van der Waals surface area contributed by atoms with Crippen LogP contribution in [-0.4, -0.2) is 60.3 Å². The van der Waals surface area contributed by atoms with Crippen LogP contribution in [-0.2, 0) is 4.79 Å². The molecule has 10 heteroatoms. The number of hydrogen-bond acceptors (Lipinski definition) is 8. The lowest BCUT2D eigenvalue weighted by Crippen LogP contribution is -2.42. The van der Waals surface area contributed by atoms with E-state index in [4.69, 9.17) is 4.98 Å². The highest BCUT2D eigenvalue weighted by atomic mass is 16.3. The Labute approximate surface area is 172 Å². The van der Waals surface area contributed by atoms with E-state index in [-0.39, 0.29) is 18.6 Å². The summed E-state index contributed by atoms with van der Waals surface area (Å²) >= 11 is 0. The van der Waals surface area contributed by atoms with Crippen molar-refractivity contribution in [2.45, 2.75) is 31.8 Å². The van der Waals surface area contributed by atoms with Gasteiger partial charge >= 0.3 is 0 Å². The van der Waals surface area contributed by atoms with Crippen LogP contribution in [0.5, 0.6) is 0 Å². The quantitative estimate of drug-likeness (QED) is 0.595. The van der Waals surface area contributed by atoms with E-state index >= 15 is 0 Å². The van der Waals surface area contributed by atoms with Crippen molar-refractivity contribution in [3.63, 3.8) is 0 Å². The number of carbonyl (C=O) groups excluding carboxylic acids is 1. The summed E-state index contributed by atoms with van der Waals surface area (Å²) in [6.45, 7) is 0.986. The van der Waals surface area contributed by atoms with Crippen molar-refractivity contribution in [2.75, 3.05) is 23.3 Å². The Kier molecular flexibility index (Phi) is 4.83. The number of carbonyl (C=O) groups is 1. The van der Waals surface area contributed by atoms with Crippen LogP contribution in [0.15, 0.2) is 30.9 Å². The maximum atomic E-state index is 12.1. The lowest BCUT2D eigenvalue weighted by Gasteiger charge is -2.34. The fourth-order valence-electron chi connectivity index (χ4n) is 4.05. The first-order chi connectivity index (χ1) is 14.7. The van der Waals surface area contributed by atoms with Gasteiger partial charge in [-0.1, -0.05) is 0 Å². The minimum absolute atomic E-state index is 0.0853. The molecule has 3 N–H and O–H groups in total. The molecule has 10 nitrogen and oxygen atoms in total. The fourth-order valence-corrected chi connectivity index (χ4v) is 4.05. The summed E-state index contributed by atoms with van der Waals surface area (Å²) in [6.07, 6.45) is 8.20. The van der Waals surface area contributed by atoms with Gasteiger partial charge in [0, 0.05) is 18.3 Å². The molecule has 154 valence electrons. The summed E-state index contributed by atoms with van der Waals surface area (Å²) < 4.78 is 0. The number of aliphatic hydroxyl groups excluding tert-OH is 1. The molecule has 2 aliphatic rings. The zero-order valence-corrected chi connectivity index (χ0v) is 16.3. The second-order valence-corrected chi connectivity index (χ2v) is 7.79. The first kappa shape index (κ1) is 18.6. The third-order valence-corrected chi connectivity index (χ3v) is 5.64. The summed E-state index contributed by atoms with van der Waals surface area (Å²) in [7, 11) is 0. The SMILES string of the molecule is O=C1CN(C[C@H]2CC[C@@H](O)CC2)c2nc(-c3ccc(-c4nc[nH]n4)nc3)cnc2N1. The zero-order valence-electron chi connectivity index (χ0n) is 16.3. The van der Waals surface area contributed by atoms with Crippen LogP contribution in [0.2, 0.25) is 0 Å². The molecule has 1 fully saturated rings. The highest BCUT2D eigenvalue weighted by Gasteiger charge is 2.29. The number of aromatic nitrogens is 6. The molecule has 1 amide bonds. The van der Waals surface area contributed by atoms with E-state index in [0.717, 1.165) is 37.8 Å². The zero-order chi connectivity index (χ0) is 20.5. The molecule has 0 radical (unpaired) electrons. The second kappa shape index (κ2) is 7.79. The number of rotatable bonds is 4. The first-order valence-electron chi connectivity index (χ1n) is 10.1.